The third-order valence-corrected chi connectivity index (χ3v) is 4.07. The molecule has 102 valence electrons. The third-order valence-electron chi connectivity index (χ3n) is 3.07. The summed E-state index contributed by atoms with van der Waals surface area (Å²) in [6.07, 6.45) is 1.84. The fourth-order valence-corrected chi connectivity index (χ4v) is 2.45. The van der Waals surface area contributed by atoms with Crippen molar-refractivity contribution >= 4 is 21.7 Å². The van der Waals surface area contributed by atoms with Crippen molar-refractivity contribution in [1.29, 1.82) is 0 Å². The summed E-state index contributed by atoms with van der Waals surface area (Å²) in [5, 5.41) is 3.39. The molecule has 0 bridgehead atoms. The second-order valence-electron chi connectivity index (χ2n) is 5.14. The summed E-state index contributed by atoms with van der Waals surface area (Å²) in [5.41, 5.74) is 1.21. The molecule has 0 amide bonds. The van der Waals surface area contributed by atoms with E-state index in [-0.39, 0.29) is 0 Å². The molecule has 0 aliphatic carbocycles. The van der Waals surface area contributed by atoms with Crippen molar-refractivity contribution in [2.24, 2.45) is 0 Å². The summed E-state index contributed by atoms with van der Waals surface area (Å²) in [4.78, 5) is 6.82. The van der Waals surface area contributed by atoms with Gasteiger partial charge in [0.15, 0.2) is 0 Å². The minimum Gasteiger partial charge on any atom is -0.368 e. The molecule has 0 radical (unpaired) electrons. The highest BCUT2D eigenvalue weighted by Gasteiger charge is 2.12. The Bertz CT molecular complexity index is 369. The Hall–Kier alpha value is -0.610. The third kappa shape index (κ3) is 4.25. The van der Waals surface area contributed by atoms with E-state index < -0.39 is 0 Å². The predicted octanol–water partition coefficient (Wildman–Crippen LogP) is 3.68. The molecular weight excluding hydrogens is 290 g/mol. The van der Waals surface area contributed by atoms with Crippen molar-refractivity contribution in [1.82, 2.24) is 9.88 Å². The topological polar surface area (TPSA) is 28.2 Å². The lowest BCUT2D eigenvalue weighted by atomic mass is 10.2. The first kappa shape index (κ1) is 15.4. The Morgan fingerprint density at radius 2 is 1.89 bits per heavy atom. The molecule has 0 saturated heterocycles. The van der Waals surface area contributed by atoms with Gasteiger partial charge in [0.2, 0.25) is 0 Å². The smallest absolute Gasteiger partial charge is 0.140 e. The summed E-state index contributed by atoms with van der Waals surface area (Å²) < 4.78 is 1.06. The van der Waals surface area contributed by atoms with Gasteiger partial charge in [-0.25, -0.2) is 4.98 Å². The largest absolute Gasteiger partial charge is 0.368 e. The zero-order valence-corrected chi connectivity index (χ0v) is 13.6. The summed E-state index contributed by atoms with van der Waals surface area (Å²) >= 11 is 3.57. The van der Waals surface area contributed by atoms with E-state index in [4.69, 9.17) is 0 Å². The first-order chi connectivity index (χ1) is 8.43. The van der Waals surface area contributed by atoms with Crippen molar-refractivity contribution in [3.8, 4) is 0 Å². The first-order valence-electron chi connectivity index (χ1n) is 6.54. The van der Waals surface area contributed by atoms with Gasteiger partial charge >= 0.3 is 0 Å². The number of halogens is 1. The number of hydrogen-bond donors (Lipinski definition) is 1. The molecule has 3 nitrogen and oxygen atoms in total. The normalized spacial score (nSPS) is 11.6. The first-order valence-corrected chi connectivity index (χ1v) is 7.33. The van der Waals surface area contributed by atoms with Gasteiger partial charge in [0.1, 0.15) is 5.82 Å². The van der Waals surface area contributed by atoms with Crippen molar-refractivity contribution < 1.29 is 0 Å². The molecule has 1 rings (SSSR count). The number of nitrogens with zero attached hydrogens (tertiary/aromatic N) is 2. The number of aromatic nitrogens is 1. The Balaban J connectivity index is 2.53. The van der Waals surface area contributed by atoms with Crippen molar-refractivity contribution in [3.05, 3.63) is 22.3 Å². The molecule has 0 atom stereocenters. The number of rotatable bonds is 6. The maximum absolute atomic E-state index is 4.35. The molecule has 0 saturated carbocycles. The second kappa shape index (κ2) is 7.10. The van der Waals surface area contributed by atoms with Crippen molar-refractivity contribution in [2.45, 2.75) is 46.7 Å². The lowest BCUT2D eigenvalue weighted by molar-refractivity contribution is 0.182. The lowest BCUT2D eigenvalue weighted by Crippen LogP contribution is -2.40. The molecule has 1 aromatic rings. The van der Waals surface area contributed by atoms with Crippen LogP contribution in [0.1, 0.15) is 33.3 Å². The molecule has 1 heterocycles. The van der Waals surface area contributed by atoms with Gasteiger partial charge in [-0.05, 0) is 62.2 Å². The highest BCUT2D eigenvalue weighted by Crippen LogP contribution is 2.22. The molecule has 1 aromatic heterocycles. The van der Waals surface area contributed by atoms with Crippen LogP contribution < -0.4 is 5.32 Å². The van der Waals surface area contributed by atoms with Crippen LogP contribution in [0, 0.1) is 6.92 Å². The Labute approximate surface area is 119 Å². The molecule has 1 N–H and O–H groups in total. The average Bonchev–Trinajstić information content (AvgIpc) is 2.28. The van der Waals surface area contributed by atoms with Gasteiger partial charge in [-0.1, -0.05) is 0 Å². The van der Waals surface area contributed by atoms with E-state index in [1.54, 1.807) is 0 Å². The van der Waals surface area contributed by atoms with E-state index in [0.717, 1.165) is 23.4 Å². The Kier molecular flexibility index (Phi) is 6.09. The van der Waals surface area contributed by atoms with Crippen LogP contribution in [0.4, 0.5) is 5.82 Å². The van der Waals surface area contributed by atoms with Crippen molar-refractivity contribution in [3.63, 3.8) is 0 Å². The van der Waals surface area contributed by atoms with Crippen LogP contribution in [-0.2, 0) is 0 Å². The van der Waals surface area contributed by atoms with E-state index in [9.17, 15) is 0 Å². The van der Waals surface area contributed by atoms with Gasteiger partial charge in [-0.3, -0.25) is 4.90 Å². The van der Waals surface area contributed by atoms with Crippen LogP contribution in [0.25, 0.3) is 0 Å². The van der Waals surface area contributed by atoms with E-state index in [1.165, 1.54) is 5.56 Å². The van der Waals surface area contributed by atoms with Gasteiger partial charge in [0, 0.05) is 31.4 Å². The molecule has 0 aliphatic rings. The predicted molar refractivity (Wildman–Crippen MR) is 82.1 cm³/mol. The summed E-state index contributed by atoms with van der Waals surface area (Å²) in [6, 6.07) is 3.14. The van der Waals surface area contributed by atoms with Crippen LogP contribution in [0.15, 0.2) is 16.7 Å². The van der Waals surface area contributed by atoms with Crippen LogP contribution >= 0.6 is 15.9 Å². The Morgan fingerprint density at radius 3 is 2.44 bits per heavy atom. The van der Waals surface area contributed by atoms with E-state index in [2.05, 4.69) is 65.7 Å². The van der Waals surface area contributed by atoms with Gasteiger partial charge < -0.3 is 5.32 Å². The fraction of sp³-hybridized carbons (Fsp3) is 0.643. The number of aryl methyl sites for hydroxylation is 1. The average molecular weight is 314 g/mol. The standard InChI is InChI=1S/C14H24BrN3/c1-10(2)18(11(3)4)9-8-17-14-13(15)12(5)6-7-16-14/h6-7,10-11H,8-9H2,1-5H3,(H,16,17). The fourth-order valence-electron chi connectivity index (χ4n) is 2.08. The number of nitrogens with one attached hydrogen (secondary N) is 1. The van der Waals surface area contributed by atoms with Crippen LogP contribution in [0.5, 0.6) is 0 Å². The second-order valence-corrected chi connectivity index (χ2v) is 5.94. The van der Waals surface area contributed by atoms with Gasteiger partial charge in [-0.2, -0.15) is 0 Å². The monoisotopic (exact) mass is 313 g/mol. The minimum atomic E-state index is 0.570. The maximum Gasteiger partial charge on any atom is 0.140 e. The van der Waals surface area contributed by atoms with E-state index in [0.29, 0.717) is 12.1 Å². The summed E-state index contributed by atoms with van der Waals surface area (Å²) in [6.45, 7) is 13.0. The molecule has 18 heavy (non-hydrogen) atoms. The highest BCUT2D eigenvalue weighted by molar-refractivity contribution is 9.10. The number of anilines is 1. The van der Waals surface area contributed by atoms with E-state index in [1.807, 2.05) is 12.3 Å². The zero-order chi connectivity index (χ0) is 13.7. The van der Waals surface area contributed by atoms with Crippen molar-refractivity contribution in [2.75, 3.05) is 18.4 Å². The lowest BCUT2D eigenvalue weighted by Gasteiger charge is -2.30. The quantitative estimate of drug-likeness (QED) is 0.868. The molecule has 0 aromatic carbocycles. The molecule has 0 unspecified atom stereocenters. The molecule has 0 aliphatic heterocycles. The van der Waals surface area contributed by atoms with Gasteiger partial charge in [0.25, 0.3) is 0 Å². The molecule has 4 heteroatoms. The number of pyridine rings is 1. The molecule has 0 spiro atoms. The zero-order valence-electron chi connectivity index (χ0n) is 12.0. The molecular formula is C14H24BrN3. The Morgan fingerprint density at radius 1 is 1.28 bits per heavy atom. The van der Waals surface area contributed by atoms with Crippen LogP contribution in [0.2, 0.25) is 0 Å². The minimum absolute atomic E-state index is 0.570. The highest BCUT2D eigenvalue weighted by atomic mass is 79.9. The SMILES string of the molecule is Cc1ccnc(NCCN(C(C)C)C(C)C)c1Br. The van der Waals surface area contributed by atoms with Gasteiger partial charge in [-0.15, -0.1) is 0 Å². The number of hydrogen-bond acceptors (Lipinski definition) is 3. The van der Waals surface area contributed by atoms with Gasteiger partial charge in [0.05, 0.1) is 4.47 Å². The summed E-state index contributed by atoms with van der Waals surface area (Å²) in [7, 11) is 0. The summed E-state index contributed by atoms with van der Waals surface area (Å²) in [5.74, 6) is 0.933. The van der Waals surface area contributed by atoms with Crippen LogP contribution in [-0.4, -0.2) is 35.1 Å². The maximum atomic E-state index is 4.35. The molecule has 0 fully saturated rings. The van der Waals surface area contributed by atoms with Crippen LogP contribution in [0.3, 0.4) is 0 Å². The van der Waals surface area contributed by atoms with E-state index >= 15 is 0 Å².